The van der Waals surface area contributed by atoms with E-state index in [0.717, 1.165) is 12.8 Å². The number of aliphatic carboxylic acids is 1. The number of carbonyl (C=O) groups excluding carboxylic acids is 1. The zero-order valence-corrected chi connectivity index (χ0v) is 13.4. The number of hydrogen-bond donors (Lipinski definition) is 2. The molecule has 2 unspecified atom stereocenters. The predicted octanol–water partition coefficient (Wildman–Crippen LogP) is 2.69. The highest BCUT2D eigenvalue weighted by atomic mass is 79.9. The van der Waals surface area contributed by atoms with Gasteiger partial charge in [-0.15, -0.1) is 0 Å². The van der Waals surface area contributed by atoms with Crippen LogP contribution in [0.4, 0.5) is 0 Å². The van der Waals surface area contributed by atoms with E-state index >= 15 is 0 Å². The van der Waals surface area contributed by atoms with Crippen molar-refractivity contribution in [2.45, 2.75) is 19.3 Å². The summed E-state index contributed by atoms with van der Waals surface area (Å²) >= 11 is 3.34. The third kappa shape index (κ3) is 3.75. The summed E-state index contributed by atoms with van der Waals surface area (Å²) < 4.78 is 5.83. The van der Waals surface area contributed by atoms with Crippen molar-refractivity contribution in [2.75, 3.05) is 13.7 Å². The van der Waals surface area contributed by atoms with Crippen molar-refractivity contribution >= 4 is 27.8 Å². The number of hydrogen-bond acceptors (Lipinski definition) is 3. The van der Waals surface area contributed by atoms with Crippen LogP contribution in [0.25, 0.3) is 0 Å². The lowest BCUT2D eigenvalue weighted by molar-refractivity contribution is -0.142. The fourth-order valence-electron chi connectivity index (χ4n) is 2.74. The lowest BCUT2D eigenvalue weighted by Gasteiger charge is -2.16. The number of halogens is 1. The molecule has 0 heterocycles. The number of amides is 1. The second-order valence-corrected chi connectivity index (χ2v) is 6.05. The van der Waals surface area contributed by atoms with Gasteiger partial charge in [-0.05, 0) is 52.9 Å². The van der Waals surface area contributed by atoms with Gasteiger partial charge < -0.3 is 15.2 Å². The first-order valence-electron chi connectivity index (χ1n) is 6.87. The topological polar surface area (TPSA) is 75.6 Å². The summed E-state index contributed by atoms with van der Waals surface area (Å²) in [5.74, 6) is -0.623. The van der Waals surface area contributed by atoms with Gasteiger partial charge in [-0.2, -0.15) is 0 Å². The lowest BCUT2D eigenvalue weighted by atomic mass is 9.96. The molecule has 21 heavy (non-hydrogen) atoms. The Bertz CT molecular complexity index is 546. The molecule has 114 valence electrons. The maximum atomic E-state index is 12.1. The fraction of sp³-hybridized carbons (Fsp3) is 0.467. The van der Waals surface area contributed by atoms with E-state index in [-0.39, 0.29) is 17.7 Å². The predicted molar refractivity (Wildman–Crippen MR) is 81.5 cm³/mol. The molecule has 0 aliphatic heterocycles. The number of methoxy groups -OCH3 is 1. The van der Waals surface area contributed by atoms with Gasteiger partial charge in [0.15, 0.2) is 0 Å². The number of nitrogens with one attached hydrogen (secondary N) is 1. The number of carbonyl (C=O) groups is 2. The molecule has 1 saturated carbocycles. The Hall–Kier alpha value is -1.56. The van der Waals surface area contributed by atoms with Gasteiger partial charge in [0.2, 0.25) is 0 Å². The van der Waals surface area contributed by atoms with Crippen LogP contribution in [0.1, 0.15) is 29.6 Å². The lowest BCUT2D eigenvalue weighted by Crippen LogP contribution is -2.33. The van der Waals surface area contributed by atoms with Crippen LogP contribution in [-0.2, 0) is 4.79 Å². The van der Waals surface area contributed by atoms with E-state index in [1.54, 1.807) is 25.3 Å². The van der Waals surface area contributed by atoms with Gasteiger partial charge in [0.05, 0.1) is 17.5 Å². The minimum atomic E-state index is -0.765. The summed E-state index contributed by atoms with van der Waals surface area (Å²) in [6.45, 7) is 0.402. The van der Waals surface area contributed by atoms with Crippen LogP contribution in [0.2, 0.25) is 0 Å². The molecule has 1 aliphatic rings. The van der Waals surface area contributed by atoms with E-state index in [1.807, 2.05) is 0 Å². The first-order chi connectivity index (χ1) is 10.0. The van der Waals surface area contributed by atoms with Crippen LogP contribution < -0.4 is 10.1 Å². The average Bonchev–Trinajstić information content (AvgIpc) is 2.93. The molecular weight excluding hydrogens is 338 g/mol. The Morgan fingerprint density at radius 3 is 2.81 bits per heavy atom. The molecular formula is C15H18BrNO4. The number of ether oxygens (including phenoxy) is 1. The molecule has 0 aromatic heterocycles. The molecule has 0 saturated heterocycles. The molecule has 2 atom stereocenters. The summed E-state index contributed by atoms with van der Waals surface area (Å²) in [5, 5.41) is 12.0. The third-order valence-corrected chi connectivity index (χ3v) is 4.53. The Balaban J connectivity index is 1.95. The first kappa shape index (κ1) is 15.8. The minimum absolute atomic E-state index is 0.0214. The number of carboxylic acids is 1. The van der Waals surface area contributed by atoms with Crippen LogP contribution in [0.5, 0.6) is 5.75 Å². The molecule has 1 aliphatic carbocycles. The highest BCUT2D eigenvalue weighted by molar-refractivity contribution is 9.10. The van der Waals surface area contributed by atoms with Gasteiger partial charge >= 0.3 is 5.97 Å². The SMILES string of the molecule is COc1ccc(C(=O)NCC2CCCC2C(=O)O)cc1Br. The molecule has 2 N–H and O–H groups in total. The highest BCUT2D eigenvalue weighted by Gasteiger charge is 2.32. The van der Waals surface area contributed by atoms with Gasteiger partial charge in [0.25, 0.3) is 5.91 Å². The van der Waals surface area contributed by atoms with Gasteiger partial charge in [-0.1, -0.05) is 6.42 Å². The fourth-order valence-corrected chi connectivity index (χ4v) is 3.28. The van der Waals surface area contributed by atoms with Crippen molar-refractivity contribution in [3.8, 4) is 5.75 Å². The summed E-state index contributed by atoms with van der Waals surface area (Å²) in [5.41, 5.74) is 0.521. The molecule has 0 bridgehead atoms. The van der Waals surface area contributed by atoms with E-state index in [9.17, 15) is 9.59 Å². The van der Waals surface area contributed by atoms with Crippen molar-refractivity contribution in [1.82, 2.24) is 5.32 Å². The van der Waals surface area contributed by atoms with E-state index in [2.05, 4.69) is 21.2 Å². The van der Waals surface area contributed by atoms with Gasteiger partial charge in [0.1, 0.15) is 5.75 Å². The van der Waals surface area contributed by atoms with Crippen LogP contribution in [0.15, 0.2) is 22.7 Å². The molecule has 0 radical (unpaired) electrons. The Labute approximate surface area is 131 Å². The third-order valence-electron chi connectivity index (χ3n) is 3.92. The van der Waals surface area contributed by atoms with Gasteiger partial charge in [-0.3, -0.25) is 9.59 Å². The molecule has 1 fully saturated rings. The van der Waals surface area contributed by atoms with Crippen LogP contribution in [0.3, 0.4) is 0 Å². The monoisotopic (exact) mass is 355 g/mol. The summed E-state index contributed by atoms with van der Waals surface area (Å²) in [6.07, 6.45) is 2.46. The number of rotatable bonds is 5. The molecule has 1 amide bonds. The maximum Gasteiger partial charge on any atom is 0.306 e. The highest BCUT2D eigenvalue weighted by Crippen LogP contribution is 2.31. The van der Waals surface area contributed by atoms with Crippen LogP contribution in [0, 0.1) is 11.8 Å². The van der Waals surface area contributed by atoms with E-state index in [4.69, 9.17) is 9.84 Å². The molecule has 6 heteroatoms. The second kappa shape index (κ2) is 6.93. The molecule has 1 aromatic rings. The van der Waals surface area contributed by atoms with Gasteiger partial charge in [-0.25, -0.2) is 0 Å². The van der Waals surface area contributed by atoms with E-state index in [0.29, 0.717) is 28.8 Å². The average molecular weight is 356 g/mol. The zero-order valence-electron chi connectivity index (χ0n) is 11.8. The second-order valence-electron chi connectivity index (χ2n) is 5.20. The Morgan fingerprint density at radius 2 is 2.19 bits per heavy atom. The van der Waals surface area contributed by atoms with Crippen LogP contribution in [-0.4, -0.2) is 30.6 Å². The van der Waals surface area contributed by atoms with Crippen molar-refractivity contribution < 1.29 is 19.4 Å². The Morgan fingerprint density at radius 1 is 1.43 bits per heavy atom. The van der Waals surface area contributed by atoms with Crippen molar-refractivity contribution in [1.29, 1.82) is 0 Å². The normalized spacial score (nSPS) is 21.0. The quantitative estimate of drug-likeness (QED) is 0.851. The first-order valence-corrected chi connectivity index (χ1v) is 7.66. The molecule has 2 rings (SSSR count). The molecule has 0 spiro atoms. The van der Waals surface area contributed by atoms with Gasteiger partial charge in [0, 0.05) is 12.1 Å². The van der Waals surface area contributed by atoms with Crippen LogP contribution >= 0.6 is 15.9 Å². The molecule has 1 aromatic carbocycles. The van der Waals surface area contributed by atoms with Crippen molar-refractivity contribution in [3.05, 3.63) is 28.2 Å². The minimum Gasteiger partial charge on any atom is -0.496 e. The number of carboxylic acid groups (broad SMARTS) is 1. The summed E-state index contributed by atoms with van der Waals surface area (Å²) in [6, 6.07) is 5.09. The summed E-state index contributed by atoms with van der Waals surface area (Å²) in [7, 11) is 1.56. The van der Waals surface area contributed by atoms with E-state index < -0.39 is 5.97 Å². The molecule has 5 nitrogen and oxygen atoms in total. The Kier molecular flexibility index (Phi) is 5.22. The standard InChI is InChI=1S/C15H18BrNO4/c1-21-13-6-5-9(7-12(13)16)14(18)17-8-10-3-2-4-11(10)15(19)20/h5-7,10-11H,2-4,8H2,1H3,(H,17,18)(H,19,20). The maximum absolute atomic E-state index is 12.1. The zero-order chi connectivity index (χ0) is 15.4. The summed E-state index contributed by atoms with van der Waals surface area (Å²) in [4.78, 5) is 23.2. The van der Waals surface area contributed by atoms with Crippen molar-refractivity contribution in [3.63, 3.8) is 0 Å². The number of benzene rings is 1. The smallest absolute Gasteiger partial charge is 0.306 e. The van der Waals surface area contributed by atoms with Crippen molar-refractivity contribution in [2.24, 2.45) is 11.8 Å². The largest absolute Gasteiger partial charge is 0.496 e. The van der Waals surface area contributed by atoms with E-state index in [1.165, 1.54) is 0 Å².